The van der Waals surface area contributed by atoms with Crippen molar-refractivity contribution in [2.24, 2.45) is 0 Å². The molecule has 0 spiro atoms. The summed E-state index contributed by atoms with van der Waals surface area (Å²) in [5.41, 5.74) is 8.29. The van der Waals surface area contributed by atoms with E-state index >= 15 is 0 Å². The Morgan fingerprint density at radius 2 is 1.12 bits per heavy atom. The van der Waals surface area contributed by atoms with Gasteiger partial charge in [0, 0.05) is 53.3 Å². The molecule has 0 aliphatic rings. The van der Waals surface area contributed by atoms with Gasteiger partial charge in [-0.1, -0.05) is 97.1 Å². The number of aryl methyl sites for hydroxylation is 2. The van der Waals surface area contributed by atoms with E-state index in [0.717, 1.165) is 69.2 Å². The zero-order valence-electron chi connectivity index (χ0n) is 34.8. The number of halogens is 5. The van der Waals surface area contributed by atoms with E-state index in [1.54, 1.807) is 12.3 Å². The van der Waals surface area contributed by atoms with Crippen LogP contribution in [-0.4, -0.2) is 42.8 Å². The quantitative estimate of drug-likeness (QED) is 0.119. The number of nitrogens with one attached hydrogen (secondary N) is 3. The maximum atomic E-state index is 11.9. The summed E-state index contributed by atoms with van der Waals surface area (Å²) in [5, 5.41) is 11.3. The first-order chi connectivity index (χ1) is 26.8. The fourth-order valence-electron chi connectivity index (χ4n) is 5.70. The number of amides is 2. The van der Waals surface area contributed by atoms with E-state index in [-0.39, 0.29) is 19.8 Å². The van der Waals surface area contributed by atoms with Gasteiger partial charge in [-0.3, -0.25) is 10.6 Å². The van der Waals surface area contributed by atoms with Crippen LogP contribution in [0.15, 0.2) is 73.2 Å². The van der Waals surface area contributed by atoms with Crippen LogP contribution in [0.1, 0.15) is 89.0 Å². The van der Waals surface area contributed by atoms with Gasteiger partial charge in [-0.05, 0) is 97.2 Å². The van der Waals surface area contributed by atoms with Crippen molar-refractivity contribution in [1.29, 1.82) is 0 Å². The highest BCUT2D eigenvalue weighted by molar-refractivity contribution is 9.09. The van der Waals surface area contributed by atoms with Crippen LogP contribution >= 0.6 is 50.7 Å². The average molecular weight is 960 g/mol. The number of alkyl halides is 1. The molecule has 59 heavy (non-hydrogen) atoms. The summed E-state index contributed by atoms with van der Waals surface area (Å²) >= 11 is 21.8. The van der Waals surface area contributed by atoms with Gasteiger partial charge in [0.25, 0.3) is 0 Å². The summed E-state index contributed by atoms with van der Waals surface area (Å²) in [6.45, 7) is 19.2. The number of aromatic nitrogens is 3. The number of hydrogen-bond acceptors (Lipinski definition) is 4. The number of benzene rings is 3. The first-order valence-corrected chi connectivity index (χ1v) is 21.3. The molecule has 0 saturated carbocycles. The highest BCUT2D eigenvalue weighted by atomic mass is 79.9. The molecule has 0 aliphatic heterocycles. The summed E-state index contributed by atoms with van der Waals surface area (Å²) in [7, 11) is 0. The van der Waals surface area contributed by atoms with Crippen molar-refractivity contribution in [3.63, 3.8) is 0 Å². The van der Waals surface area contributed by atoms with Crippen molar-refractivity contribution in [1.82, 2.24) is 14.1 Å². The monoisotopic (exact) mass is 956 g/mol. The van der Waals surface area contributed by atoms with Gasteiger partial charge in [0.1, 0.15) is 16.9 Å². The molecule has 10 nitrogen and oxygen atoms in total. The van der Waals surface area contributed by atoms with E-state index in [4.69, 9.17) is 44.3 Å². The van der Waals surface area contributed by atoms with E-state index in [9.17, 15) is 9.59 Å². The zero-order valence-corrected chi connectivity index (χ0v) is 39.4. The molecule has 0 unspecified atom stereocenters. The Morgan fingerprint density at radius 3 is 1.58 bits per heavy atom. The lowest BCUT2D eigenvalue weighted by molar-refractivity contribution is -0.252. The third-order valence-corrected chi connectivity index (χ3v) is 9.52. The second-order valence-electron chi connectivity index (χ2n) is 15.2. The molecule has 0 saturated heterocycles. The van der Waals surface area contributed by atoms with Gasteiger partial charge in [0.2, 0.25) is 0 Å². The number of hydrogen-bond donors (Lipinski definition) is 4. The standard InChI is InChI=1S/C16H21ClN2O2.C13H15ClN2O2.C11H13ClN2.C3H7Br.CH4.ClH/c1-5-9-19-10-11(17)14-12(7-6-8-13(14)19)18-15(20)21-16(2,3)4;1-13(2,3)18-12(17)16-10-6-4-5-9-11(10)8(14)7-15-9;1-2-6-14-7-8(12)11-9(13)4-3-5-10(11)14;1-2-3-4;;/h6-8,10H,5,9H2,1-4H3,(H,18,20);4-7,15H,1-3H3,(H,16,17);3-5,7H,2,6,13H2,1H3;2-3H2,1H3;1H4;1H. The van der Waals surface area contributed by atoms with Crippen LogP contribution < -0.4 is 28.8 Å². The maximum Gasteiger partial charge on any atom is 0.412 e. The normalized spacial score (nSPS) is 10.8. The Labute approximate surface area is 379 Å². The number of aromatic amines is 1. The lowest BCUT2D eigenvalue weighted by Gasteiger charge is -2.20. The van der Waals surface area contributed by atoms with Crippen molar-refractivity contribution in [2.45, 2.75) is 113 Å². The number of carbonyl (C=O) groups is 2. The third kappa shape index (κ3) is 16.1. The lowest BCUT2D eigenvalue weighted by Crippen LogP contribution is -3.00. The number of carbonyl (C=O) groups excluding carboxylic acids is 2. The smallest absolute Gasteiger partial charge is 0.412 e. The van der Waals surface area contributed by atoms with Crippen LogP contribution in [-0.2, 0) is 22.6 Å². The summed E-state index contributed by atoms with van der Waals surface area (Å²) in [4.78, 5) is 26.7. The maximum absolute atomic E-state index is 11.9. The molecular weight excluding hydrogens is 898 g/mol. The lowest BCUT2D eigenvalue weighted by atomic mass is 10.2. The van der Waals surface area contributed by atoms with Crippen LogP contribution in [0.2, 0.25) is 15.1 Å². The molecule has 0 bridgehead atoms. The Balaban J connectivity index is 0.000000422. The molecule has 6 N–H and O–H groups in total. The van der Waals surface area contributed by atoms with Crippen molar-refractivity contribution in [3.05, 3.63) is 88.3 Å². The first kappa shape index (κ1) is 53.4. The Hall–Kier alpha value is -3.58. The van der Waals surface area contributed by atoms with Gasteiger partial charge in [0.15, 0.2) is 0 Å². The van der Waals surface area contributed by atoms with E-state index in [0.29, 0.717) is 21.4 Å². The largest absolute Gasteiger partial charge is 1.00 e. The van der Waals surface area contributed by atoms with Gasteiger partial charge >= 0.3 is 12.2 Å². The second-order valence-corrected chi connectivity index (χ2v) is 17.2. The molecule has 3 aromatic carbocycles. The fourth-order valence-corrected chi connectivity index (χ4v) is 6.61. The third-order valence-electron chi connectivity index (χ3n) is 7.85. The zero-order chi connectivity index (χ0) is 42.5. The van der Waals surface area contributed by atoms with Gasteiger partial charge in [-0.2, -0.15) is 0 Å². The predicted molar refractivity (Wildman–Crippen MR) is 251 cm³/mol. The Bertz CT molecular complexity index is 2240. The van der Waals surface area contributed by atoms with Gasteiger partial charge in [-0.25, -0.2) is 9.59 Å². The molecule has 0 radical (unpaired) electrons. The number of ether oxygens (including phenoxy) is 2. The van der Waals surface area contributed by atoms with E-state index in [2.05, 4.69) is 73.3 Å². The van der Waals surface area contributed by atoms with Crippen molar-refractivity contribution < 1.29 is 37.2 Å². The molecule has 326 valence electrons. The van der Waals surface area contributed by atoms with Crippen LogP contribution in [0.5, 0.6) is 0 Å². The van der Waals surface area contributed by atoms with E-state index in [1.165, 1.54) is 11.9 Å². The minimum atomic E-state index is -0.532. The van der Waals surface area contributed by atoms with Crippen molar-refractivity contribution in [2.75, 3.05) is 16.0 Å². The first-order valence-electron chi connectivity index (χ1n) is 19.0. The molecule has 2 amide bonds. The minimum Gasteiger partial charge on any atom is -1.00 e. The molecule has 0 atom stereocenters. The average Bonchev–Trinajstić information content (AvgIpc) is 3.77. The number of fused-ring (bicyclic) bond motifs is 3. The molecule has 15 heteroatoms. The van der Waals surface area contributed by atoms with Crippen LogP contribution in [0, 0.1) is 0 Å². The highest BCUT2D eigenvalue weighted by Crippen LogP contribution is 2.34. The SMILES string of the molecule is C.CC(C)(C)OC(=O)Nc1cccc2[nH]cc(Cl)c12.CCCBr.CCCn1cc(Cl)c2c(NC(=O)OC(C)(C)C)cccc21.CCCn1cc(Cl)c2c([NH3+])cccc21.[Cl-]. The number of rotatable bonds is 7. The number of quaternary nitrogens is 1. The van der Waals surface area contributed by atoms with E-state index < -0.39 is 23.4 Å². The van der Waals surface area contributed by atoms with Crippen LogP contribution in [0.3, 0.4) is 0 Å². The number of nitrogens with zero attached hydrogens (tertiary/aromatic N) is 2. The number of anilines is 2. The molecule has 3 heterocycles. The molecular formula is C44H61BrCl4N6O4. The fraction of sp³-hybridized carbons (Fsp3) is 0.409. The minimum absolute atomic E-state index is 0. The van der Waals surface area contributed by atoms with Gasteiger partial charge in [0.05, 0.1) is 42.9 Å². The number of H-pyrrole nitrogens is 1. The van der Waals surface area contributed by atoms with Gasteiger partial charge < -0.3 is 41.7 Å². The summed E-state index contributed by atoms with van der Waals surface area (Å²) in [6, 6.07) is 17.3. The second kappa shape index (κ2) is 24.6. The molecule has 3 aromatic heterocycles. The summed E-state index contributed by atoms with van der Waals surface area (Å²) in [6.07, 6.45) is 7.97. The predicted octanol–water partition coefficient (Wildman–Crippen LogP) is 11.2. The summed E-state index contributed by atoms with van der Waals surface area (Å²) in [5.74, 6) is 0. The van der Waals surface area contributed by atoms with Crippen molar-refractivity contribution >= 4 is 113 Å². The molecule has 0 aliphatic carbocycles. The van der Waals surface area contributed by atoms with Crippen LogP contribution in [0.4, 0.5) is 26.7 Å². The topological polar surface area (TPSA) is 130 Å². The van der Waals surface area contributed by atoms with E-state index in [1.807, 2.05) is 96.4 Å². The Kier molecular flexibility index (Phi) is 22.3. The highest BCUT2D eigenvalue weighted by Gasteiger charge is 2.19. The Morgan fingerprint density at radius 1 is 0.695 bits per heavy atom. The summed E-state index contributed by atoms with van der Waals surface area (Å²) < 4.78 is 14.8. The van der Waals surface area contributed by atoms with Crippen molar-refractivity contribution in [3.8, 4) is 0 Å². The molecule has 6 rings (SSSR count). The van der Waals surface area contributed by atoms with Gasteiger partial charge in [-0.15, -0.1) is 0 Å². The molecule has 6 aromatic rings. The van der Waals surface area contributed by atoms with Crippen LogP contribution in [0.25, 0.3) is 32.7 Å². The molecule has 0 fully saturated rings.